The predicted molar refractivity (Wildman–Crippen MR) is 102 cm³/mol. The molecule has 0 saturated carbocycles. The van der Waals surface area contributed by atoms with Crippen LogP contribution in [0.25, 0.3) is 0 Å². The van der Waals surface area contributed by atoms with E-state index in [2.05, 4.69) is 5.32 Å². The average Bonchev–Trinajstić information content (AvgIpc) is 2.64. The summed E-state index contributed by atoms with van der Waals surface area (Å²) < 4.78 is 57.4. The number of nitrogens with one attached hydrogen (secondary N) is 1. The summed E-state index contributed by atoms with van der Waals surface area (Å²) in [5.41, 5.74) is 0.470. The molecule has 156 valence electrons. The number of ether oxygens (including phenoxy) is 1. The molecule has 1 atom stereocenters. The molecule has 2 aromatic carbocycles. The number of halogens is 2. The van der Waals surface area contributed by atoms with E-state index in [-0.39, 0.29) is 4.90 Å². The lowest BCUT2D eigenvalue weighted by Crippen LogP contribution is -2.37. The van der Waals surface area contributed by atoms with E-state index in [4.69, 9.17) is 4.74 Å². The number of sulfonamides is 1. The van der Waals surface area contributed by atoms with Crippen LogP contribution in [0.3, 0.4) is 0 Å². The van der Waals surface area contributed by atoms with Gasteiger partial charge in [0.25, 0.3) is 5.91 Å². The average molecular weight is 426 g/mol. The fraction of sp³-hybridized carbons (Fsp3) is 0.263. The van der Waals surface area contributed by atoms with Crippen LogP contribution in [0.2, 0.25) is 0 Å². The van der Waals surface area contributed by atoms with Crippen molar-refractivity contribution in [1.82, 2.24) is 4.31 Å². The number of nitrogens with zero attached hydrogens (tertiary/aromatic N) is 1. The number of carbonyl (C=O) groups is 2. The molecule has 29 heavy (non-hydrogen) atoms. The zero-order valence-corrected chi connectivity index (χ0v) is 16.8. The third-order valence-electron chi connectivity index (χ3n) is 3.94. The quantitative estimate of drug-likeness (QED) is 0.687. The number of esters is 1. The molecule has 1 unspecified atom stereocenters. The highest BCUT2D eigenvalue weighted by Gasteiger charge is 2.26. The Morgan fingerprint density at radius 2 is 1.76 bits per heavy atom. The van der Waals surface area contributed by atoms with E-state index >= 15 is 0 Å². The highest BCUT2D eigenvalue weighted by atomic mass is 32.2. The number of likely N-dealkylation sites (N-methyl/N-ethyl adjacent to an activating group) is 1. The maximum atomic E-state index is 13.6. The minimum absolute atomic E-state index is 0.00534. The van der Waals surface area contributed by atoms with Crippen LogP contribution in [0.5, 0.6) is 0 Å². The van der Waals surface area contributed by atoms with Crippen molar-refractivity contribution < 1.29 is 31.5 Å². The first-order valence-corrected chi connectivity index (χ1v) is 9.93. The number of amides is 1. The molecule has 7 nitrogen and oxygen atoms in total. The zero-order chi connectivity index (χ0) is 21.8. The molecule has 0 spiro atoms. The number of hydrogen-bond donors (Lipinski definition) is 1. The van der Waals surface area contributed by atoms with Gasteiger partial charge >= 0.3 is 5.97 Å². The van der Waals surface area contributed by atoms with Gasteiger partial charge in [-0.3, -0.25) is 9.59 Å². The Balaban J connectivity index is 1.97. The van der Waals surface area contributed by atoms with E-state index < -0.39 is 51.9 Å². The Morgan fingerprint density at radius 3 is 2.38 bits per heavy atom. The number of aryl methyl sites for hydroxylation is 1. The Kier molecular flexibility index (Phi) is 7.04. The van der Waals surface area contributed by atoms with Gasteiger partial charge in [0.05, 0.1) is 10.6 Å². The molecule has 1 N–H and O–H groups in total. The fourth-order valence-corrected chi connectivity index (χ4v) is 3.39. The monoisotopic (exact) mass is 426 g/mol. The first-order chi connectivity index (χ1) is 13.5. The van der Waals surface area contributed by atoms with Crippen molar-refractivity contribution in [3.8, 4) is 0 Å². The highest BCUT2D eigenvalue weighted by molar-refractivity contribution is 7.89. The Morgan fingerprint density at radius 1 is 1.14 bits per heavy atom. The van der Waals surface area contributed by atoms with E-state index in [1.165, 1.54) is 26.1 Å². The Labute approximate surface area is 167 Å². The van der Waals surface area contributed by atoms with Crippen molar-refractivity contribution in [2.24, 2.45) is 0 Å². The summed E-state index contributed by atoms with van der Waals surface area (Å²) in [7, 11) is -2.73. The van der Waals surface area contributed by atoms with Crippen LogP contribution < -0.4 is 5.32 Å². The molecule has 0 aliphatic carbocycles. The molecule has 0 fully saturated rings. The van der Waals surface area contributed by atoms with Crippen LogP contribution in [0.15, 0.2) is 47.4 Å². The van der Waals surface area contributed by atoms with E-state index in [0.717, 1.165) is 28.1 Å². The lowest BCUT2D eigenvalue weighted by Gasteiger charge is -2.18. The molecule has 2 rings (SSSR count). The SMILES string of the molecule is Cc1ccc(S(=O)(=O)N(C)CC(=O)OC(C)C(=O)Nc2cc(F)ccc2F)cc1. The van der Waals surface area contributed by atoms with Gasteiger partial charge in [-0.05, 0) is 38.1 Å². The summed E-state index contributed by atoms with van der Waals surface area (Å²) >= 11 is 0. The van der Waals surface area contributed by atoms with Gasteiger partial charge in [-0.2, -0.15) is 4.31 Å². The normalized spacial score (nSPS) is 12.5. The molecule has 0 heterocycles. The highest BCUT2D eigenvalue weighted by Crippen LogP contribution is 2.17. The largest absolute Gasteiger partial charge is 0.452 e. The molecule has 0 radical (unpaired) electrons. The first-order valence-electron chi connectivity index (χ1n) is 8.49. The summed E-state index contributed by atoms with van der Waals surface area (Å²) in [6.45, 7) is 2.39. The van der Waals surface area contributed by atoms with Crippen molar-refractivity contribution in [2.75, 3.05) is 18.9 Å². The summed E-state index contributed by atoms with van der Waals surface area (Å²) in [4.78, 5) is 24.1. The van der Waals surface area contributed by atoms with Gasteiger partial charge < -0.3 is 10.1 Å². The van der Waals surface area contributed by atoms with Crippen molar-refractivity contribution in [3.63, 3.8) is 0 Å². The lowest BCUT2D eigenvalue weighted by molar-refractivity contribution is -0.153. The summed E-state index contributed by atoms with van der Waals surface area (Å²) in [6, 6.07) is 8.58. The first kappa shape index (κ1) is 22.4. The van der Waals surface area contributed by atoms with Gasteiger partial charge in [0.15, 0.2) is 6.10 Å². The second-order valence-corrected chi connectivity index (χ2v) is 8.36. The second kappa shape index (κ2) is 9.10. The van der Waals surface area contributed by atoms with E-state index in [9.17, 15) is 26.8 Å². The number of rotatable bonds is 7. The van der Waals surface area contributed by atoms with Crippen molar-refractivity contribution in [3.05, 3.63) is 59.7 Å². The smallest absolute Gasteiger partial charge is 0.322 e. The minimum atomic E-state index is -3.93. The second-order valence-electron chi connectivity index (χ2n) is 6.32. The summed E-state index contributed by atoms with van der Waals surface area (Å²) in [6.07, 6.45) is -1.36. The van der Waals surface area contributed by atoms with Gasteiger partial charge in [-0.15, -0.1) is 0 Å². The molecule has 0 aliphatic heterocycles. The van der Waals surface area contributed by atoms with Crippen molar-refractivity contribution in [1.29, 1.82) is 0 Å². The predicted octanol–water partition coefficient (Wildman–Crippen LogP) is 2.46. The van der Waals surface area contributed by atoms with Gasteiger partial charge in [-0.25, -0.2) is 17.2 Å². The molecule has 10 heteroatoms. The van der Waals surface area contributed by atoms with Crippen molar-refractivity contribution in [2.45, 2.75) is 24.8 Å². The van der Waals surface area contributed by atoms with Crippen LogP contribution in [-0.2, 0) is 24.3 Å². The fourth-order valence-electron chi connectivity index (χ4n) is 2.27. The van der Waals surface area contributed by atoms with Gasteiger partial charge in [0.1, 0.15) is 18.2 Å². The minimum Gasteiger partial charge on any atom is -0.452 e. The lowest BCUT2D eigenvalue weighted by atomic mass is 10.2. The van der Waals surface area contributed by atoms with Gasteiger partial charge in [0.2, 0.25) is 10.0 Å². The number of carbonyl (C=O) groups excluding carboxylic acids is 2. The molecule has 2 aromatic rings. The van der Waals surface area contributed by atoms with Crippen LogP contribution in [0.4, 0.5) is 14.5 Å². The molecule has 0 bridgehead atoms. The third kappa shape index (κ3) is 5.81. The number of benzene rings is 2. The van der Waals surface area contributed by atoms with E-state index in [1.54, 1.807) is 19.1 Å². The number of hydrogen-bond acceptors (Lipinski definition) is 5. The summed E-state index contributed by atoms with van der Waals surface area (Å²) in [5.74, 6) is -3.49. The topological polar surface area (TPSA) is 92.8 Å². The maximum absolute atomic E-state index is 13.6. The molecular formula is C19H20F2N2O5S. The molecule has 0 saturated heterocycles. The van der Waals surface area contributed by atoms with Crippen molar-refractivity contribution >= 4 is 27.6 Å². The van der Waals surface area contributed by atoms with Crippen LogP contribution in [0.1, 0.15) is 12.5 Å². The van der Waals surface area contributed by atoms with E-state index in [1.807, 2.05) is 0 Å². The van der Waals surface area contributed by atoms with Crippen LogP contribution in [-0.4, -0.2) is 44.3 Å². The maximum Gasteiger partial charge on any atom is 0.322 e. The zero-order valence-electron chi connectivity index (χ0n) is 16.0. The molecule has 0 aromatic heterocycles. The number of anilines is 1. The molecule has 1 amide bonds. The molecule has 0 aliphatic rings. The van der Waals surface area contributed by atoms with Crippen LogP contribution in [0, 0.1) is 18.6 Å². The van der Waals surface area contributed by atoms with Gasteiger partial charge in [-0.1, -0.05) is 17.7 Å². The summed E-state index contributed by atoms with van der Waals surface area (Å²) in [5, 5.41) is 2.11. The Hall–Kier alpha value is -2.85. The molecular weight excluding hydrogens is 406 g/mol. The standard InChI is InChI=1S/C19H20F2N2O5S/c1-12-4-7-15(8-5-12)29(26,27)23(3)11-18(24)28-13(2)19(25)22-17-10-14(20)6-9-16(17)21/h4-10,13H,11H2,1-3H3,(H,22,25). The van der Waals surface area contributed by atoms with Gasteiger partial charge in [0, 0.05) is 13.1 Å². The third-order valence-corrected chi connectivity index (χ3v) is 5.76. The van der Waals surface area contributed by atoms with E-state index in [0.29, 0.717) is 0 Å². The van der Waals surface area contributed by atoms with Crippen LogP contribution >= 0.6 is 0 Å². The Bertz CT molecular complexity index is 1010.